The van der Waals surface area contributed by atoms with Crippen LogP contribution >= 0.6 is 0 Å². The second-order valence-electron chi connectivity index (χ2n) is 0.194. The van der Waals surface area contributed by atoms with Crippen LogP contribution in [0.2, 0.25) is 0 Å². The second-order valence-corrected chi connectivity index (χ2v) is 0.582. The molecular weight excluding hydrogens is 267 g/mol. The Morgan fingerprint density at radius 2 is 1.80 bits per heavy atom. The van der Waals surface area contributed by atoms with Crippen molar-refractivity contribution in [3.63, 3.8) is 0 Å². The fourth-order valence-electron chi connectivity index (χ4n) is 0. The molecular formula is FO2SW+. The molecule has 0 saturated heterocycles. The second kappa shape index (κ2) is 4.73. The Kier molecular flexibility index (Phi) is 8.71. The Balaban J connectivity index is 0. The van der Waals surface area contributed by atoms with Gasteiger partial charge in [-0.25, -0.2) is 4.21 Å². The van der Waals surface area contributed by atoms with Crippen LogP contribution in [-0.4, -0.2) is 8.76 Å². The molecule has 0 aliphatic heterocycles. The van der Waals surface area contributed by atoms with Crippen molar-refractivity contribution >= 4 is 11.5 Å². The van der Waals surface area contributed by atoms with Gasteiger partial charge in [-0.15, -0.1) is 3.89 Å². The maximum absolute atomic E-state index is 9.92. The molecule has 0 fully saturated rings. The summed E-state index contributed by atoms with van der Waals surface area (Å²) in [6.07, 6.45) is 0. The van der Waals surface area contributed by atoms with Crippen molar-refractivity contribution in [1.29, 1.82) is 0 Å². The molecule has 0 radical (unpaired) electrons. The van der Waals surface area contributed by atoms with Gasteiger partial charge < -0.3 is 4.55 Å². The zero-order chi connectivity index (χ0) is 3.58. The zero-order valence-electron chi connectivity index (χ0n) is 2.01. The third-order valence-corrected chi connectivity index (χ3v) is 0. The molecule has 2 nitrogen and oxygen atoms in total. The van der Waals surface area contributed by atoms with Crippen LogP contribution in [0.15, 0.2) is 0 Å². The van der Waals surface area contributed by atoms with E-state index in [9.17, 15) is 3.89 Å². The van der Waals surface area contributed by atoms with Crippen molar-refractivity contribution in [3.8, 4) is 0 Å². The number of halogens is 1. The van der Waals surface area contributed by atoms with E-state index in [0.717, 1.165) is 0 Å². The molecule has 0 aromatic carbocycles. The first kappa shape index (κ1) is 9.21. The Morgan fingerprint density at radius 3 is 1.80 bits per heavy atom. The summed E-state index contributed by atoms with van der Waals surface area (Å²) < 4.78 is 26.6. The number of hydrogen-bond acceptors (Lipinski definition) is 2. The molecule has 0 heterocycles. The van der Waals surface area contributed by atoms with E-state index in [-0.39, 0.29) is 21.1 Å². The molecule has 0 aliphatic rings. The van der Waals surface area contributed by atoms with Gasteiger partial charge in [0.15, 0.2) is 0 Å². The summed E-state index contributed by atoms with van der Waals surface area (Å²) in [5.41, 5.74) is 0. The summed E-state index contributed by atoms with van der Waals surface area (Å²) in [5.74, 6) is 0. The van der Waals surface area contributed by atoms with Crippen molar-refractivity contribution in [1.82, 2.24) is 0 Å². The van der Waals surface area contributed by atoms with Crippen LogP contribution < -0.4 is 0 Å². The van der Waals surface area contributed by atoms with Gasteiger partial charge in [0, 0.05) is 0 Å². The average Bonchev–Trinajstić information content (AvgIpc) is 0.811. The first-order valence-corrected chi connectivity index (χ1v) is 1.46. The summed E-state index contributed by atoms with van der Waals surface area (Å²) in [6.45, 7) is 0. The Hall–Kier alpha value is 0.728. The molecule has 1 atom stereocenters. The monoisotopic (exact) mass is 267 g/mol. The van der Waals surface area contributed by atoms with E-state index in [1.165, 1.54) is 0 Å². The van der Waals surface area contributed by atoms with Gasteiger partial charge in [0.25, 0.3) is 0 Å². The van der Waals surface area contributed by atoms with Gasteiger partial charge in [0.2, 0.25) is 0 Å². The molecule has 0 saturated carbocycles. The summed E-state index contributed by atoms with van der Waals surface area (Å²) in [4.78, 5) is 0. The van der Waals surface area contributed by atoms with E-state index in [1.54, 1.807) is 0 Å². The normalized spacial score (nSPS) is 12.4. The minimum absolute atomic E-state index is 0. The van der Waals surface area contributed by atoms with Gasteiger partial charge in [-0.3, -0.25) is 0 Å². The van der Waals surface area contributed by atoms with Crippen molar-refractivity contribution in [3.05, 3.63) is 0 Å². The van der Waals surface area contributed by atoms with Crippen LogP contribution in [0.1, 0.15) is 0 Å². The molecule has 0 aromatic heterocycles. The summed E-state index contributed by atoms with van der Waals surface area (Å²) in [7, 11) is 0. The maximum Gasteiger partial charge on any atom is 2.00 e. The van der Waals surface area contributed by atoms with Crippen molar-refractivity contribution in [2.75, 3.05) is 0 Å². The summed E-state index contributed by atoms with van der Waals surface area (Å²) in [6, 6.07) is 0. The Morgan fingerprint density at radius 1 is 1.80 bits per heavy atom. The minimum atomic E-state index is -3.36. The molecule has 0 N–H and O–H groups in total. The van der Waals surface area contributed by atoms with E-state index in [4.69, 9.17) is 8.76 Å². The van der Waals surface area contributed by atoms with E-state index in [0.29, 0.717) is 0 Å². The van der Waals surface area contributed by atoms with Crippen LogP contribution in [-0.2, 0) is 32.5 Å². The first-order chi connectivity index (χ1) is 1.73. The number of hydrogen-bond donors (Lipinski definition) is 0. The van der Waals surface area contributed by atoms with E-state index in [1.807, 2.05) is 0 Å². The summed E-state index contributed by atoms with van der Waals surface area (Å²) in [5, 5.41) is 0. The van der Waals surface area contributed by atoms with Gasteiger partial charge in [-0.1, -0.05) is 0 Å². The zero-order valence-corrected chi connectivity index (χ0v) is 5.76. The summed E-state index contributed by atoms with van der Waals surface area (Å²) >= 11 is -3.36. The van der Waals surface area contributed by atoms with Crippen LogP contribution in [0.3, 0.4) is 0 Å². The quantitative estimate of drug-likeness (QED) is 0.448. The third-order valence-electron chi connectivity index (χ3n) is 0. The van der Waals surface area contributed by atoms with E-state index >= 15 is 0 Å². The van der Waals surface area contributed by atoms with E-state index < -0.39 is 11.5 Å². The molecule has 0 spiro atoms. The largest absolute Gasteiger partial charge is 2.00 e. The third kappa shape index (κ3) is 66.4. The van der Waals surface area contributed by atoms with Crippen LogP contribution in [0.5, 0.6) is 0 Å². The Labute approximate surface area is 45.6 Å². The van der Waals surface area contributed by atoms with Gasteiger partial charge in [-0.05, 0) is 0 Å². The fourth-order valence-corrected chi connectivity index (χ4v) is 0. The standard InChI is InChI=1S/FHO2S.W/c1-4(2)3;/h(H,2,3);/q;+2/p-1. The average molecular weight is 267 g/mol. The van der Waals surface area contributed by atoms with Crippen molar-refractivity contribution in [2.45, 2.75) is 0 Å². The molecule has 1 unspecified atom stereocenters. The Bertz CT molecular complexity index is 32.6. The smallest absolute Gasteiger partial charge is 0.746 e. The molecule has 0 amide bonds. The molecule has 30 valence electrons. The molecule has 0 rings (SSSR count). The predicted molar refractivity (Wildman–Crippen MR) is 10.0 cm³/mol. The van der Waals surface area contributed by atoms with Gasteiger partial charge in [0.05, 0.1) is 0 Å². The SMILES string of the molecule is O=S([O-])F.[W+2]. The molecule has 5 heteroatoms. The topological polar surface area (TPSA) is 40.1 Å². The van der Waals surface area contributed by atoms with Crippen molar-refractivity contribution in [2.24, 2.45) is 0 Å². The predicted octanol–water partition coefficient (Wildman–Crippen LogP) is -0.252. The first-order valence-electron chi connectivity index (χ1n) is 0.488. The molecule has 0 bridgehead atoms. The van der Waals surface area contributed by atoms with Gasteiger partial charge in [-0.2, -0.15) is 0 Å². The molecule has 0 aromatic rings. The van der Waals surface area contributed by atoms with Gasteiger partial charge in [0.1, 0.15) is 11.5 Å². The van der Waals surface area contributed by atoms with Crippen LogP contribution in [0.4, 0.5) is 3.89 Å². The molecule has 0 aliphatic carbocycles. The fraction of sp³-hybridized carbons (Fsp3) is 0. The maximum atomic E-state index is 9.92. The molecule has 5 heavy (non-hydrogen) atoms. The van der Waals surface area contributed by atoms with Crippen LogP contribution in [0.25, 0.3) is 0 Å². The van der Waals surface area contributed by atoms with Crippen LogP contribution in [0, 0.1) is 0 Å². The number of rotatable bonds is 0. The van der Waals surface area contributed by atoms with Crippen molar-refractivity contribution < 1.29 is 33.7 Å². The minimum Gasteiger partial charge on any atom is -0.746 e. The van der Waals surface area contributed by atoms with E-state index in [2.05, 4.69) is 0 Å². The van der Waals surface area contributed by atoms with Gasteiger partial charge >= 0.3 is 21.1 Å².